The topological polar surface area (TPSA) is 78.9 Å². The number of allylic oxidation sites excluding steroid dienone is 22. The molecule has 82 heavy (non-hydrogen) atoms. The summed E-state index contributed by atoms with van der Waals surface area (Å²) in [4.78, 5) is 38.5. The summed E-state index contributed by atoms with van der Waals surface area (Å²) in [6.45, 7) is 6.42. The zero-order valence-corrected chi connectivity index (χ0v) is 53.5. The largest absolute Gasteiger partial charge is 0.462 e. The molecular formula is C76H126O6. The fourth-order valence-corrected chi connectivity index (χ4v) is 9.36. The molecule has 466 valence electrons. The van der Waals surface area contributed by atoms with Crippen LogP contribution in [0, 0.1) is 0 Å². The van der Waals surface area contributed by atoms with Crippen molar-refractivity contribution in [1.82, 2.24) is 0 Å². The summed E-state index contributed by atoms with van der Waals surface area (Å²) in [5, 5.41) is 0. The number of carbonyl (C=O) groups is 3. The summed E-state index contributed by atoms with van der Waals surface area (Å²) in [5.74, 6) is -0.908. The molecule has 6 nitrogen and oxygen atoms in total. The average molecular weight is 1140 g/mol. The summed E-state index contributed by atoms with van der Waals surface area (Å²) in [6.07, 6.45) is 97.4. The van der Waals surface area contributed by atoms with Gasteiger partial charge in [-0.25, -0.2) is 0 Å². The van der Waals surface area contributed by atoms with Crippen molar-refractivity contribution in [2.45, 2.75) is 316 Å². The number of esters is 3. The Kier molecular flexibility index (Phi) is 65.3. The molecule has 0 radical (unpaired) electrons. The smallest absolute Gasteiger partial charge is 0.306 e. The van der Waals surface area contributed by atoms with E-state index in [1.807, 2.05) is 0 Å². The minimum atomic E-state index is -0.796. The van der Waals surface area contributed by atoms with Gasteiger partial charge in [0, 0.05) is 19.3 Å². The summed E-state index contributed by atoms with van der Waals surface area (Å²) in [7, 11) is 0. The molecule has 0 aromatic carbocycles. The molecule has 0 aliphatic rings. The van der Waals surface area contributed by atoms with Gasteiger partial charge in [-0.1, -0.05) is 309 Å². The third-order valence-electron chi connectivity index (χ3n) is 14.4. The van der Waals surface area contributed by atoms with Crippen LogP contribution in [0.3, 0.4) is 0 Å². The molecule has 0 N–H and O–H groups in total. The van der Waals surface area contributed by atoms with Crippen LogP contribution in [0.15, 0.2) is 134 Å². The van der Waals surface area contributed by atoms with Crippen molar-refractivity contribution >= 4 is 17.9 Å². The molecular weight excluding hydrogens is 1010 g/mol. The number of ether oxygens (including phenoxy) is 3. The standard InChI is InChI=1S/C76H126O6/c1-4-7-10-13-16-19-22-25-28-31-33-35-36-37-38-39-40-42-43-45-48-51-54-57-60-63-66-69-75(78)81-72-73(71-80-74(77)68-65-62-59-56-53-50-47-30-27-24-21-18-15-12-9-6-3)82-76(79)70-67-64-61-58-55-52-49-46-44-41-34-32-29-26-23-20-17-14-11-8-5-2/h7-8,10-11,16-17,19-20,25-26,28-29,33-35,37-38,40-42,45,48,73H,4-6,9,12-15,18,21-24,27,30-32,36,39,43-44,46-47,49-72H2,1-3H3/b10-7-,11-8-,19-16-,20-17-,28-25-,29-26-,35-33-,38-37-,41-34-,42-40-,48-45-. The highest BCUT2D eigenvalue weighted by atomic mass is 16.6. The Morgan fingerprint density at radius 1 is 0.256 bits per heavy atom. The molecule has 0 aromatic rings. The summed E-state index contributed by atoms with van der Waals surface area (Å²) < 4.78 is 17.0. The van der Waals surface area contributed by atoms with Gasteiger partial charge in [-0.2, -0.15) is 0 Å². The lowest BCUT2D eigenvalue weighted by Crippen LogP contribution is -2.30. The van der Waals surface area contributed by atoms with Gasteiger partial charge in [0.25, 0.3) is 0 Å². The number of hydrogen-bond donors (Lipinski definition) is 0. The first kappa shape index (κ1) is 77.5. The maximum atomic E-state index is 13.0. The number of unbranched alkanes of at least 4 members (excludes halogenated alkanes) is 28. The number of rotatable bonds is 61. The van der Waals surface area contributed by atoms with Crippen LogP contribution in [0.25, 0.3) is 0 Å². The first-order valence-corrected chi connectivity index (χ1v) is 34.2. The highest BCUT2D eigenvalue weighted by molar-refractivity contribution is 5.71. The molecule has 0 heterocycles. The fourth-order valence-electron chi connectivity index (χ4n) is 9.36. The fraction of sp³-hybridized carbons (Fsp3) is 0.671. The van der Waals surface area contributed by atoms with Crippen molar-refractivity contribution in [3.63, 3.8) is 0 Å². The van der Waals surface area contributed by atoms with Gasteiger partial charge in [-0.15, -0.1) is 0 Å². The van der Waals surface area contributed by atoms with Gasteiger partial charge < -0.3 is 14.2 Å². The van der Waals surface area contributed by atoms with E-state index in [1.54, 1.807) is 0 Å². The zero-order valence-electron chi connectivity index (χ0n) is 53.5. The quantitative estimate of drug-likeness (QED) is 0.0261. The molecule has 0 saturated heterocycles. The second-order valence-corrected chi connectivity index (χ2v) is 22.3. The van der Waals surface area contributed by atoms with Crippen LogP contribution in [0.2, 0.25) is 0 Å². The van der Waals surface area contributed by atoms with E-state index in [0.29, 0.717) is 19.3 Å². The van der Waals surface area contributed by atoms with Crippen LogP contribution in [0.1, 0.15) is 310 Å². The minimum absolute atomic E-state index is 0.0885. The van der Waals surface area contributed by atoms with E-state index >= 15 is 0 Å². The Morgan fingerprint density at radius 2 is 0.476 bits per heavy atom. The molecule has 0 amide bonds. The molecule has 0 aliphatic carbocycles. The van der Waals surface area contributed by atoms with E-state index in [9.17, 15) is 14.4 Å². The lowest BCUT2D eigenvalue weighted by molar-refractivity contribution is -0.167. The van der Waals surface area contributed by atoms with Crippen molar-refractivity contribution in [2.75, 3.05) is 13.2 Å². The van der Waals surface area contributed by atoms with Crippen LogP contribution in [0.5, 0.6) is 0 Å². The van der Waals surface area contributed by atoms with Crippen LogP contribution in [-0.4, -0.2) is 37.2 Å². The van der Waals surface area contributed by atoms with Crippen molar-refractivity contribution in [1.29, 1.82) is 0 Å². The molecule has 0 fully saturated rings. The molecule has 1 atom stereocenters. The Balaban J connectivity index is 4.43. The SMILES string of the molecule is CC/C=C\C/C=C\C/C=C\C/C=C\C/C=C\C/C=C\C/C=C\CCCCCCCC(=O)OCC(COC(=O)CCCCCCCCCCCCCCCCCC)OC(=O)CCCCCCCCCC/C=C\C/C=C\C/C=C\C/C=C\CC. The third kappa shape index (κ3) is 66.4. The monoisotopic (exact) mass is 1130 g/mol. The average Bonchev–Trinajstić information content (AvgIpc) is 3.47. The van der Waals surface area contributed by atoms with Gasteiger partial charge in [-0.3, -0.25) is 14.4 Å². The van der Waals surface area contributed by atoms with E-state index in [-0.39, 0.29) is 31.1 Å². The molecule has 0 bridgehead atoms. The maximum Gasteiger partial charge on any atom is 0.306 e. The second-order valence-electron chi connectivity index (χ2n) is 22.3. The molecule has 1 unspecified atom stereocenters. The number of hydrogen-bond acceptors (Lipinski definition) is 6. The van der Waals surface area contributed by atoms with Crippen molar-refractivity contribution in [3.05, 3.63) is 134 Å². The molecule has 0 rings (SSSR count). The normalized spacial score (nSPS) is 13.0. The Morgan fingerprint density at radius 3 is 0.744 bits per heavy atom. The highest BCUT2D eigenvalue weighted by Crippen LogP contribution is 2.16. The highest BCUT2D eigenvalue weighted by Gasteiger charge is 2.19. The van der Waals surface area contributed by atoms with Crippen LogP contribution in [-0.2, 0) is 28.6 Å². The van der Waals surface area contributed by atoms with Gasteiger partial charge >= 0.3 is 17.9 Å². The van der Waals surface area contributed by atoms with Crippen molar-refractivity contribution < 1.29 is 28.6 Å². The molecule has 0 spiro atoms. The lowest BCUT2D eigenvalue weighted by atomic mass is 10.0. The van der Waals surface area contributed by atoms with Gasteiger partial charge in [0.2, 0.25) is 0 Å². The van der Waals surface area contributed by atoms with Crippen LogP contribution in [0.4, 0.5) is 0 Å². The van der Waals surface area contributed by atoms with Gasteiger partial charge in [-0.05, 0) is 116 Å². The molecule has 0 saturated carbocycles. The van der Waals surface area contributed by atoms with Crippen molar-refractivity contribution in [3.8, 4) is 0 Å². The first-order valence-electron chi connectivity index (χ1n) is 34.2. The van der Waals surface area contributed by atoms with E-state index < -0.39 is 6.10 Å². The second kappa shape index (κ2) is 69.0. The zero-order chi connectivity index (χ0) is 59.2. The lowest BCUT2D eigenvalue weighted by Gasteiger charge is -2.18. The van der Waals surface area contributed by atoms with Gasteiger partial charge in [0.1, 0.15) is 13.2 Å². The van der Waals surface area contributed by atoms with Gasteiger partial charge in [0.05, 0.1) is 0 Å². The Hall–Kier alpha value is -4.45. The Labute approximate surface area is 506 Å². The Bertz CT molecular complexity index is 1730. The summed E-state index contributed by atoms with van der Waals surface area (Å²) in [5.41, 5.74) is 0. The minimum Gasteiger partial charge on any atom is -0.462 e. The summed E-state index contributed by atoms with van der Waals surface area (Å²) >= 11 is 0. The van der Waals surface area contributed by atoms with Crippen molar-refractivity contribution in [2.24, 2.45) is 0 Å². The molecule has 6 heteroatoms. The van der Waals surface area contributed by atoms with Crippen LogP contribution >= 0.6 is 0 Å². The predicted molar refractivity (Wildman–Crippen MR) is 357 cm³/mol. The maximum absolute atomic E-state index is 13.0. The van der Waals surface area contributed by atoms with Crippen LogP contribution < -0.4 is 0 Å². The third-order valence-corrected chi connectivity index (χ3v) is 14.4. The predicted octanol–water partition coefficient (Wildman–Crippen LogP) is 23.7. The molecule has 0 aliphatic heterocycles. The summed E-state index contributed by atoms with van der Waals surface area (Å²) in [6, 6.07) is 0. The first-order chi connectivity index (χ1) is 40.5. The molecule has 0 aromatic heterocycles. The van der Waals surface area contributed by atoms with E-state index in [4.69, 9.17) is 14.2 Å². The number of carbonyl (C=O) groups excluding carboxylic acids is 3. The van der Waals surface area contributed by atoms with E-state index in [0.717, 1.165) is 154 Å². The van der Waals surface area contributed by atoms with E-state index in [2.05, 4.69) is 154 Å². The van der Waals surface area contributed by atoms with E-state index in [1.165, 1.54) is 116 Å². The van der Waals surface area contributed by atoms with Gasteiger partial charge in [0.15, 0.2) is 6.10 Å².